The predicted octanol–water partition coefficient (Wildman–Crippen LogP) is 6.12. The standard InChI is InChI=1S/C23H41NO3S/c1-3-4-5-6-7-8-9-10-11-12-13-14-15-16-17-18-22(25)24-21(23(26)27)19-20-28-2/h7-8,10-11,21H,3-6,9,12-20H2,1-2H3,(H,24,25)(H,26,27)/b8-7+,11-10+. The van der Waals surface area contributed by atoms with Crippen molar-refractivity contribution in [3.05, 3.63) is 24.3 Å². The Morgan fingerprint density at radius 1 is 0.929 bits per heavy atom. The van der Waals surface area contributed by atoms with Crippen LogP contribution in [-0.2, 0) is 9.59 Å². The molecule has 0 aromatic rings. The fourth-order valence-electron chi connectivity index (χ4n) is 2.86. The van der Waals surface area contributed by atoms with Gasteiger partial charge in [-0.1, -0.05) is 63.3 Å². The number of hydrogen-bond donors (Lipinski definition) is 2. The molecule has 0 spiro atoms. The molecule has 0 saturated heterocycles. The van der Waals surface area contributed by atoms with E-state index in [0.717, 1.165) is 37.9 Å². The van der Waals surface area contributed by atoms with E-state index in [2.05, 4.69) is 36.5 Å². The third kappa shape index (κ3) is 18.1. The molecule has 0 aliphatic carbocycles. The summed E-state index contributed by atoms with van der Waals surface area (Å²) < 4.78 is 0. The van der Waals surface area contributed by atoms with Crippen molar-refractivity contribution in [2.45, 2.75) is 96.4 Å². The van der Waals surface area contributed by atoms with Gasteiger partial charge >= 0.3 is 5.97 Å². The summed E-state index contributed by atoms with van der Waals surface area (Å²) in [6.07, 6.45) is 24.5. The van der Waals surface area contributed by atoms with E-state index in [-0.39, 0.29) is 5.91 Å². The normalized spacial score (nSPS) is 12.6. The number of carbonyl (C=O) groups is 2. The lowest BCUT2D eigenvalue weighted by Crippen LogP contribution is -2.41. The molecule has 0 aliphatic heterocycles. The van der Waals surface area contributed by atoms with Gasteiger partial charge in [0.2, 0.25) is 5.91 Å². The van der Waals surface area contributed by atoms with Gasteiger partial charge in [-0.25, -0.2) is 4.79 Å². The molecular formula is C23H41NO3S. The fourth-order valence-corrected chi connectivity index (χ4v) is 3.33. The van der Waals surface area contributed by atoms with E-state index in [4.69, 9.17) is 5.11 Å². The Morgan fingerprint density at radius 2 is 1.54 bits per heavy atom. The Morgan fingerprint density at radius 3 is 2.14 bits per heavy atom. The van der Waals surface area contributed by atoms with Crippen molar-refractivity contribution < 1.29 is 14.7 Å². The molecule has 0 rings (SSSR count). The average molecular weight is 412 g/mol. The molecule has 0 heterocycles. The number of nitrogens with one attached hydrogen (secondary N) is 1. The summed E-state index contributed by atoms with van der Waals surface area (Å²) in [6, 6.07) is -0.752. The molecule has 2 N–H and O–H groups in total. The van der Waals surface area contributed by atoms with Crippen LogP contribution in [0, 0.1) is 0 Å². The lowest BCUT2D eigenvalue weighted by Gasteiger charge is -2.13. The molecule has 0 aromatic heterocycles. The molecule has 0 aromatic carbocycles. The van der Waals surface area contributed by atoms with Crippen molar-refractivity contribution in [2.75, 3.05) is 12.0 Å². The first-order chi connectivity index (χ1) is 13.6. The van der Waals surface area contributed by atoms with Gasteiger partial charge < -0.3 is 10.4 Å². The van der Waals surface area contributed by atoms with Crippen LogP contribution in [0.2, 0.25) is 0 Å². The summed E-state index contributed by atoms with van der Waals surface area (Å²) >= 11 is 1.59. The summed E-state index contributed by atoms with van der Waals surface area (Å²) in [5.41, 5.74) is 0. The number of amides is 1. The monoisotopic (exact) mass is 411 g/mol. The number of allylic oxidation sites excluding steroid dienone is 4. The van der Waals surface area contributed by atoms with E-state index in [9.17, 15) is 9.59 Å². The van der Waals surface area contributed by atoms with E-state index in [1.54, 1.807) is 11.8 Å². The second-order valence-electron chi connectivity index (χ2n) is 7.22. The van der Waals surface area contributed by atoms with Gasteiger partial charge in [0, 0.05) is 6.42 Å². The maximum atomic E-state index is 11.9. The first kappa shape index (κ1) is 26.8. The molecule has 162 valence electrons. The van der Waals surface area contributed by atoms with Crippen molar-refractivity contribution in [3.8, 4) is 0 Å². The largest absolute Gasteiger partial charge is 0.480 e. The Hall–Kier alpha value is -1.23. The van der Waals surface area contributed by atoms with Gasteiger partial charge in [-0.05, 0) is 57.0 Å². The number of thioether (sulfide) groups is 1. The van der Waals surface area contributed by atoms with E-state index < -0.39 is 12.0 Å². The van der Waals surface area contributed by atoms with Crippen LogP contribution in [0.1, 0.15) is 90.4 Å². The van der Waals surface area contributed by atoms with E-state index in [1.807, 2.05) is 6.26 Å². The van der Waals surface area contributed by atoms with Crippen LogP contribution in [0.5, 0.6) is 0 Å². The molecule has 0 fully saturated rings. The van der Waals surface area contributed by atoms with Gasteiger partial charge in [0.05, 0.1) is 0 Å². The molecule has 1 unspecified atom stereocenters. The zero-order valence-electron chi connectivity index (χ0n) is 18.0. The second kappa shape index (κ2) is 20.5. The van der Waals surface area contributed by atoms with Crippen molar-refractivity contribution in [1.29, 1.82) is 0 Å². The van der Waals surface area contributed by atoms with Crippen LogP contribution in [-0.4, -0.2) is 35.0 Å². The summed E-state index contributed by atoms with van der Waals surface area (Å²) in [7, 11) is 0. The minimum absolute atomic E-state index is 0.140. The molecular weight excluding hydrogens is 370 g/mol. The first-order valence-corrected chi connectivity index (χ1v) is 12.3. The Bertz CT molecular complexity index is 449. The van der Waals surface area contributed by atoms with Crippen molar-refractivity contribution >= 4 is 23.6 Å². The number of rotatable bonds is 19. The van der Waals surface area contributed by atoms with E-state index in [1.165, 1.54) is 38.5 Å². The summed E-state index contributed by atoms with van der Waals surface area (Å²) in [4.78, 5) is 23.0. The third-order valence-corrected chi connectivity index (χ3v) is 5.24. The second-order valence-corrected chi connectivity index (χ2v) is 8.21. The van der Waals surface area contributed by atoms with Gasteiger partial charge in [0.25, 0.3) is 0 Å². The van der Waals surface area contributed by atoms with Gasteiger partial charge in [0.15, 0.2) is 0 Å². The predicted molar refractivity (Wildman–Crippen MR) is 122 cm³/mol. The van der Waals surface area contributed by atoms with Crippen molar-refractivity contribution in [1.82, 2.24) is 5.32 Å². The van der Waals surface area contributed by atoms with Gasteiger partial charge in [-0.15, -0.1) is 0 Å². The molecule has 5 heteroatoms. The maximum Gasteiger partial charge on any atom is 0.326 e. The molecule has 1 atom stereocenters. The summed E-state index contributed by atoms with van der Waals surface area (Å²) in [5, 5.41) is 11.8. The smallest absolute Gasteiger partial charge is 0.326 e. The molecule has 0 saturated carbocycles. The van der Waals surface area contributed by atoms with Crippen LogP contribution >= 0.6 is 11.8 Å². The molecule has 1 amide bonds. The Labute approximate surface area is 176 Å². The lowest BCUT2D eigenvalue weighted by atomic mass is 10.1. The van der Waals surface area contributed by atoms with Gasteiger partial charge in [-0.2, -0.15) is 11.8 Å². The quantitative estimate of drug-likeness (QED) is 0.198. The summed E-state index contributed by atoms with van der Waals surface area (Å²) in [5.74, 6) is -0.345. The topological polar surface area (TPSA) is 66.4 Å². The van der Waals surface area contributed by atoms with Gasteiger partial charge in [0.1, 0.15) is 6.04 Å². The van der Waals surface area contributed by atoms with Crippen molar-refractivity contribution in [2.24, 2.45) is 0 Å². The zero-order valence-corrected chi connectivity index (χ0v) is 18.8. The van der Waals surface area contributed by atoms with Crippen molar-refractivity contribution in [3.63, 3.8) is 0 Å². The molecule has 28 heavy (non-hydrogen) atoms. The lowest BCUT2D eigenvalue weighted by molar-refractivity contribution is -0.141. The summed E-state index contributed by atoms with van der Waals surface area (Å²) in [6.45, 7) is 2.23. The van der Waals surface area contributed by atoms with Crippen LogP contribution in [0.3, 0.4) is 0 Å². The Kier molecular flexibility index (Phi) is 19.6. The van der Waals surface area contributed by atoms with Crippen LogP contribution in [0.4, 0.5) is 0 Å². The highest BCUT2D eigenvalue weighted by atomic mass is 32.2. The van der Waals surface area contributed by atoms with Crippen LogP contribution < -0.4 is 5.32 Å². The minimum atomic E-state index is -0.942. The highest BCUT2D eigenvalue weighted by Gasteiger charge is 2.18. The Balaban J connectivity index is 3.54. The first-order valence-electron chi connectivity index (χ1n) is 10.9. The average Bonchev–Trinajstić information content (AvgIpc) is 2.67. The molecule has 4 nitrogen and oxygen atoms in total. The van der Waals surface area contributed by atoms with Crippen LogP contribution in [0.25, 0.3) is 0 Å². The molecule has 0 radical (unpaired) electrons. The number of carbonyl (C=O) groups excluding carboxylic acids is 1. The minimum Gasteiger partial charge on any atom is -0.480 e. The SMILES string of the molecule is CCCCC/C=C/C/C=C/CCCCCCCC(=O)NC(CCSC)C(=O)O. The maximum absolute atomic E-state index is 11.9. The number of aliphatic carboxylic acids is 1. The number of carboxylic acids is 1. The third-order valence-electron chi connectivity index (χ3n) is 4.60. The zero-order chi connectivity index (χ0) is 20.9. The number of unbranched alkanes of at least 4 members (excludes halogenated alkanes) is 8. The number of hydrogen-bond acceptors (Lipinski definition) is 3. The molecule has 0 aliphatic rings. The van der Waals surface area contributed by atoms with Crippen LogP contribution in [0.15, 0.2) is 24.3 Å². The number of carboxylic acid groups (broad SMARTS) is 1. The highest BCUT2D eigenvalue weighted by Crippen LogP contribution is 2.09. The fraction of sp³-hybridized carbons (Fsp3) is 0.739. The highest BCUT2D eigenvalue weighted by molar-refractivity contribution is 7.98. The van der Waals surface area contributed by atoms with E-state index >= 15 is 0 Å². The van der Waals surface area contributed by atoms with E-state index in [0.29, 0.717) is 12.8 Å². The van der Waals surface area contributed by atoms with Gasteiger partial charge in [-0.3, -0.25) is 4.79 Å². The molecule has 0 bridgehead atoms.